The summed E-state index contributed by atoms with van der Waals surface area (Å²) in [5.74, 6) is 1.58. The Balaban J connectivity index is 1.81. The molecule has 1 aliphatic heterocycles. The van der Waals surface area contributed by atoms with Gasteiger partial charge in [-0.3, -0.25) is 5.10 Å². The Morgan fingerprint density at radius 2 is 1.90 bits per heavy atom. The summed E-state index contributed by atoms with van der Waals surface area (Å²) >= 11 is 0. The lowest BCUT2D eigenvalue weighted by molar-refractivity contribution is 0.573. The number of anilines is 1. The van der Waals surface area contributed by atoms with Crippen molar-refractivity contribution in [3.63, 3.8) is 0 Å². The molecular formula is C17H23N3. The molecule has 1 N–H and O–H groups in total. The van der Waals surface area contributed by atoms with Gasteiger partial charge in [0.1, 0.15) is 5.82 Å². The number of nitrogens with zero attached hydrogens (tertiary/aromatic N) is 2. The number of aromatic nitrogens is 2. The van der Waals surface area contributed by atoms with Crippen LogP contribution in [-0.2, 0) is 0 Å². The molecule has 106 valence electrons. The molecule has 1 atom stereocenters. The lowest BCUT2D eigenvalue weighted by Crippen LogP contribution is -2.29. The summed E-state index contributed by atoms with van der Waals surface area (Å²) in [4.78, 5) is 2.43. The molecule has 20 heavy (non-hydrogen) atoms. The van der Waals surface area contributed by atoms with E-state index in [0.29, 0.717) is 5.92 Å². The molecule has 1 aliphatic rings. The van der Waals surface area contributed by atoms with Gasteiger partial charge in [-0.1, -0.05) is 37.3 Å². The number of hydrogen-bond donors (Lipinski definition) is 1. The van der Waals surface area contributed by atoms with E-state index in [9.17, 15) is 0 Å². The molecule has 3 nitrogen and oxygen atoms in total. The Labute approximate surface area is 121 Å². The summed E-state index contributed by atoms with van der Waals surface area (Å²) in [6.07, 6.45) is 5.03. The van der Waals surface area contributed by atoms with Crippen LogP contribution in [0.15, 0.2) is 36.4 Å². The molecule has 0 bridgehead atoms. The fourth-order valence-electron chi connectivity index (χ4n) is 3.10. The van der Waals surface area contributed by atoms with Crippen LogP contribution in [0.3, 0.4) is 0 Å². The van der Waals surface area contributed by atoms with Gasteiger partial charge in [0.25, 0.3) is 0 Å². The summed E-state index contributed by atoms with van der Waals surface area (Å²) in [5, 5.41) is 7.81. The van der Waals surface area contributed by atoms with E-state index in [2.05, 4.69) is 58.4 Å². The summed E-state index contributed by atoms with van der Waals surface area (Å²) in [5.41, 5.74) is 2.52. The minimum Gasteiger partial charge on any atom is -0.357 e. The van der Waals surface area contributed by atoms with E-state index < -0.39 is 0 Å². The van der Waals surface area contributed by atoms with Gasteiger partial charge in [-0.25, -0.2) is 0 Å². The number of piperidine rings is 1. The van der Waals surface area contributed by atoms with Crippen LogP contribution in [0.1, 0.15) is 49.8 Å². The van der Waals surface area contributed by atoms with Gasteiger partial charge in [-0.15, -0.1) is 0 Å². The van der Waals surface area contributed by atoms with Crippen molar-refractivity contribution in [2.24, 2.45) is 0 Å². The first-order valence-electron chi connectivity index (χ1n) is 7.73. The molecule has 3 heteroatoms. The van der Waals surface area contributed by atoms with Crippen LogP contribution < -0.4 is 4.90 Å². The molecule has 1 saturated heterocycles. The molecule has 0 saturated carbocycles. The van der Waals surface area contributed by atoms with E-state index in [1.165, 1.54) is 36.3 Å². The lowest BCUT2D eigenvalue weighted by Gasteiger charge is -2.26. The fraction of sp³-hybridized carbons (Fsp3) is 0.471. The Bertz CT molecular complexity index is 526. The molecule has 0 spiro atoms. The highest BCUT2D eigenvalue weighted by Gasteiger charge is 2.18. The van der Waals surface area contributed by atoms with Crippen molar-refractivity contribution in [2.45, 2.75) is 38.5 Å². The van der Waals surface area contributed by atoms with Crippen molar-refractivity contribution in [2.75, 3.05) is 18.0 Å². The van der Waals surface area contributed by atoms with Crippen LogP contribution in [0.2, 0.25) is 0 Å². The third-order valence-corrected chi connectivity index (χ3v) is 4.25. The second-order valence-corrected chi connectivity index (χ2v) is 5.60. The van der Waals surface area contributed by atoms with Crippen LogP contribution in [0, 0.1) is 0 Å². The van der Waals surface area contributed by atoms with E-state index in [1.807, 2.05) is 0 Å². The van der Waals surface area contributed by atoms with Crippen LogP contribution in [0.5, 0.6) is 0 Å². The average molecular weight is 269 g/mol. The van der Waals surface area contributed by atoms with Gasteiger partial charge in [-0.05, 0) is 31.2 Å². The topological polar surface area (TPSA) is 31.9 Å². The quantitative estimate of drug-likeness (QED) is 0.911. The Kier molecular flexibility index (Phi) is 4.05. The van der Waals surface area contributed by atoms with Crippen LogP contribution in [0.25, 0.3) is 0 Å². The highest BCUT2D eigenvalue weighted by atomic mass is 15.3. The Morgan fingerprint density at radius 1 is 1.15 bits per heavy atom. The first-order valence-corrected chi connectivity index (χ1v) is 7.73. The third kappa shape index (κ3) is 2.72. The van der Waals surface area contributed by atoms with Crippen molar-refractivity contribution in [1.82, 2.24) is 10.2 Å². The predicted octanol–water partition coefficient (Wildman–Crippen LogP) is 3.94. The summed E-state index contributed by atoms with van der Waals surface area (Å²) in [7, 11) is 0. The van der Waals surface area contributed by atoms with Crippen molar-refractivity contribution in [3.05, 3.63) is 47.7 Å². The molecular weight excluding hydrogens is 246 g/mol. The Morgan fingerprint density at radius 3 is 2.60 bits per heavy atom. The maximum Gasteiger partial charge on any atom is 0.124 e. The first-order chi connectivity index (χ1) is 9.88. The standard InChI is InChI=1S/C17H23N3/c1-2-15(14-9-5-3-6-10-14)16-13-17(19-18-16)20-11-7-4-8-12-20/h3,5-6,9-10,13,15H,2,4,7-8,11-12H2,1H3,(H,18,19). The van der Waals surface area contributed by atoms with Crippen molar-refractivity contribution >= 4 is 5.82 Å². The van der Waals surface area contributed by atoms with Crippen LogP contribution in [0.4, 0.5) is 5.82 Å². The van der Waals surface area contributed by atoms with Crippen LogP contribution >= 0.6 is 0 Å². The molecule has 1 aromatic heterocycles. The van der Waals surface area contributed by atoms with Gasteiger partial charge >= 0.3 is 0 Å². The number of aromatic amines is 1. The zero-order valence-corrected chi connectivity index (χ0v) is 12.2. The van der Waals surface area contributed by atoms with E-state index in [0.717, 1.165) is 19.5 Å². The number of H-pyrrole nitrogens is 1. The van der Waals surface area contributed by atoms with Crippen molar-refractivity contribution in [3.8, 4) is 0 Å². The minimum absolute atomic E-state index is 0.394. The van der Waals surface area contributed by atoms with E-state index >= 15 is 0 Å². The lowest BCUT2D eigenvalue weighted by atomic mass is 9.93. The summed E-state index contributed by atoms with van der Waals surface area (Å²) < 4.78 is 0. The predicted molar refractivity (Wildman–Crippen MR) is 83.2 cm³/mol. The second-order valence-electron chi connectivity index (χ2n) is 5.60. The van der Waals surface area contributed by atoms with E-state index in [4.69, 9.17) is 0 Å². The van der Waals surface area contributed by atoms with Gasteiger partial charge in [0.05, 0.1) is 5.69 Å². The minimum atomic E-state index is 0.394. The molecule has 0 radical (unpaired) electrons. The molecule has 1 fully saturated rings. The third-order valence-electron chi connectivity index (χ3n) is 4.25. The Hall–Kier alpha value is -1.77. The largest absolute Gasteiger partial charge is 0.357 e. The molecule has 0 aliphatic carbocycles. The molecule has 3 rings (SSSR count). The zero-order valence-electron chi connectivity index (χ0n) is 12.2. The SMILES string of the molecule is CCC(c1ccccc1)c1cc(N2CCCCC2)[nH]n1. The van der Waals surface area contributed by atoms with E-state index in [1.54, 1.807) is 0 Å². The number of rotatable bonds is 4. The van der Waals surface area contributed by atoms with Crippen molar-refractivity contribution < 1.29 is 0 Å². The van der Waals surface area contributed by atoms with Crippen LogP contribution in [-0.4, -0.2) is 23.3 Å². The molecule has 1 aromatic carbocycles. The van der Waals surface area contributed by atoms with E-state index in [-0.39, 0.29) is 0 Å². The normalized spacial score (nSPS) is 17.1. The molecule has 2 heterocycles. The number of hydrogen-bond acceptors (Lipinski definition) is 2. The maximum absolute atomic E-state index is 4.57. The van der Waals surface area contributed by atoms with Gasteiger partial charge in [-0.2, -0.15) is 5.10 Å². The van der Waals surface area contributed by atoms with Gasteiger partial charge in [0.15, 0.2) is 0 Å². The first kappa shape index (κ1) is 13.2. The number of benzene rings is 1. The second kappa shape index (κ2) is 6.12. The smallest absolute Gasteiger partial charge is 0.124 e. The monoisotopic (exact) mass is 269 g/mol. The molecule has 2 aromatic rings. The van der Waals surface area contributed by atoms with Gasteiger partial charge in [0, 0.05) is 25.1 Å². The highest BCUT2D eigenvalue weighted by Crippen LogP contribution is 2.29. The summed E-state index contributed by atoms with van der Waals surface area (Å²) in [6.45, 7) is 4.54. The van der Waals surface area contributed by atoms with Crippen molar-refractivity contribution in [1.29, 1.82) is 0 Å². The fourth-order valence-corrected chi connectivity index (χ4v) is 3.10. The molecule has 0 amide bonds. The van der Waals surface area contributed by atoms with Gasteiger partial charge in [0.2, 0.25) is 0 Å². The van der Waals surface area contributed by atoms with Gasteiger partial charge < -0.3 is 4.90 Å². The highest BCUT2D eigenvalue weighted by molar-refractivity contribution is 5.42. The average Bonchev–Trinajstić information content (AvgIpc) is 3.00. The summed E-state index contributed by atoms with van der Waals surface area (Å²) in [6, 6.07) is 12.9. The maximum atomic E-state index is 4.57. The molecule has 1 unspecified atom stereocenters. The zero-order chi connectivity index (χ0) is 13.8. The number of nitrogens with one attached hydrogen (secondary N) is 1.